The highest BCUT2D eigenvalue weighted by Crippen LogP contribution is 2.33. The molecule has 2 aromatic carbocycles. The predicted molar refractivity (Wildman–Crippen MR) is 85.3 cm³/mol. The molecule has 0 aliphatic rings. The van der Waals surface area contributed by atoms with Crippen LogP contribution in [0.5, 0.6) is 0 Å². The second-order valence-electron chi connectivity index (χ2n) is 4.52. The first-order valence-corrected chi connectivity index (χ1v) is 7.50. The second-order valence-corrected chi connectivity index (χ2v) is 5.81. The molecule has 0 saturated heterocycles. The molecule has 22 heavy (non-hydrogen) atoms. The van der Waals surface area contributed by atoms with E-state index < -0.39 is 5.76 Å². The fourth-order valence-corrected chi connectivity index (χ4v) is 3.03. The second kappa shape index (κ2) is 5.11. The van der Waals surface area contributed by atoms with Crippen LogP contribution in [0.2, 0.25) is 5.02 Å². The molecule has 2 N–H and O–H groups in total. The molecular weight excluding hydrogens is 326 g/mol. The number of aromatic amines is 1. The fraction of sp³-hybridized carbons (Fsp3) is 0. The molecule has 6 nitrogen and oxygen atoms in total. The first-order chi connectivity index (χ1) is 10.7. The maximum Gasteiger partial charge on any atom is 0.417 e. The van der Waals surface area contributed by atoms with Crippen molar-refractivity contribution in [2.75, 3.05) is 4.72 Å². The predicted octanol–water partition coefficient (Wildman–Crippen LogP) is 4.03. The molecule has 2 aromatic heterocycles. The Kier molecular flexibility index (Phi) is 3.09. The van der Waals surface area contributed by atoms with E-state index in [1.165, 1.54) is 11.9 Å². The third-order valence-electron chi connectivity index (χ3n) is 3.11. The molecule has 0 aliphatic carbocycles. The van der Waals surface area contributed by atoms with E-state index in [1.54, 1.807) is 30.3 Å². The molecule has 0 fully saturated rings. The Bertz CT molecular complexity index is 1040. The lowest BCUT2D eigenvalue weighted by atomic mass is 10.2. The van der Waals surface area contributed by atoms with Crippen LogP contribution in [0, 0.1) is 0 Å². The number of anilines is 1. The lowest BCUT2D eigenvalue weighted by Crippen LogP contribution is -1.92. The van der Waals surface area contributed by atoms with Crippen LogP contribution in [-0.4, -0.2) is 10.1 Å². The maximum absolute atomic E-state index is 11.1. The van der Waals surface area contributed by atoms with Crippen molar-refractivity contribution in [3.8, 4) is 0 Å². The van der Waals surface area contributed by atoms with Gasteiger partial charge in [-0.05, 0) is 42.3 Å². The Hall–Kier alpha value is -2.38. The molecule has 2 heterocycles. The van der Waals surface area contributed by atoms with Crippen LogP contribution in [0.25, 0.3) is 22.1 Å². The summed E-state index contributed by atoms with van der Waals surface area (Å²) in [6.45, 7) is 0. The minimum Gasteiger partial charge on any atom is -0.408 e. The minimum absolute atomic E-state index is 0.473. The molecular formula is C14H8ClN3O3S. The highest BCUT2D eigenvalue weighted by Gasteiger charge is 2.12. The number of rotatable bonds is 3. The Morgan fingerprint density at radius 3 is 3.05 bits per heavy atom. The van der Waals surface area contributed by atoms with Crippen LogP contribution in [0.15, 0.2) is 55.0 Å². The smallest absolute Gasteiger partial charge is 0.408 e. The summed E-state index contributed by atoms with van der Waals surface area (Å²) in [5, 5.41) is 5.26. The van der Waals surface area contributed by atoms with Crippen molar-refractivity contribution in [3.05, 3.63) is 52.0 Å². The average molecular weight is 334 g/mol. The van der Waals surface area contributed by atoms with Gasteiger partial charge < -0.3 is 13.7 Å². The number of H-pyrrole nitrogens is 1. The van der Waals surface area contributed by atoms with Crippen molar-refractivity contribution in [1.29, 1.82) is 0 Å². The Labute approximate surface area is 132 Å². The Morgan fingerprint density at radius 1 is 1.23 bits per heavy atom. The molecule has 0 aliphatic heterocycles. The van der Waals surface area contributed by atoms with E-state index in [4.69, 9.17) is 20.5 Å². The number of nitrogens with one attached hydrogen (secondary N) is 2. The number of halogens is 1. The van der Waals surface area contributed by atoms with Gasteiger partial charge in [0.1, 0.15) is 0 Å². The van der Waals surface area contributed by atoms with Crippen molar-refractivity contribution in [3.63, 3.8) is 0 Å². The summed E-state index contributed by atoms with van der Waals surface area (Å²) in [7, 11) is 0. The van der Waals surface area contributed by atoms with Crippen molar-refractivity contribution in [1.82, 2.24) is 10.1 Å². The van der Waals surface area contributed by atoms with Crippen LogP contribution in [0.4, 0.5) is 5.82 Å². The minimum atomic E-state index is -0.473. The maximum atomic E-state index is 11.1. The summed E-state index contributed by atoms with van der Waals surface area (Å²) in [5.41, 5.74) is 1.77. The van der Waals surface area contributed by atoms with Gasteiger partial charge in [-0.2, -0.15) is 0 Å². The summed E-state index contributed by atoms with van der Waals surface area (Å²) >= 11 is 7.48. The number of hydrogen-bond donors (Lipinski definition) is 2. The molecule has 110 valence electrons. The molecule has 8 heteroatoms. The quantitative estimate of drug-likeness (QED) is 0.550. The molecule has 0 unspecified atom stereocenters. The monoisotopic (exact) mass is 333 g/mol. The highest BCUT2D eigenvalue weighted by molar-refractivity contribution is 8.00. The Morgan fingerprint density at radius 2 is 2.14 bits per heavy atom. The molecule has 4 rings (SSSR count). The molecule has 0 bridgehead atoms. The van der Waals surface area contributed by atoms with Gasteiger partial charge in [0.25, 0.3) is 0 Å². The van der Waals surface area contributed by atoms with Crippen molar-refractivity contribution < 1.29 is 8.94 Å². The van der Waals surface area contributed by atoms with Crippen molar-refractivity contribution in [2.45, 2.75) is 4.90 Å². The number of benzene rings is 2. The van der Waals surface area contributed by atoms with Gasteiger partial charge in [0.2, 0.25) is 0 Å². The van der Waals surface area contributed by atoms with Crippen LogP contribution in [0.1, 0.15) is 0 Å². The van der Waals surface area contributed by atoms with Crippen LogP contribution in [0.3, 0.4) is 0 Å². The molecule has 0 radical (unpaired) electrons. The first-order valence-electron chi connectivity index (χ1n) is 6.30. The number of hydrogen-bond acceptors (Lipinski definition) is 6. The van der Waals surface area contributed by atoms with Gasteiger partial charge in [-0.3, -0.25) is 4.98 Å². The van der Waals surface area contributed by atoms with E-state index in [2.05, 4.69) is 14.9 Å². The number of aromatic nitrogens is 2. The van der Waals surface area contributed by atoms with Crippen LogP contribution in [-0.2, 0) is 0 Å². The first kappa shape index (κ1) is 13.3. The fourth-order valence-electron chi connectivity index (χ4n) is 2.12. The zero-order valence-electron chi connectivity index (χ0n) is 10.9. The van der Waals surface area contributed by atoms with Crippen molar-refractivity contribution in [2.24, 2.45) is 0 Å². The largest absolute Gasteiger partial charge is 0.417 e. The normalized spacial score (nSPS) is 11.3. The van der Waals surface area contributed by atoms with Gasteiger partial charge in [0.05, 0.1) is 15.9 Å². The van der Waals surface area contributed by atoms with E-state index in [1.807, 2.05) is 6.07 Å². The van der Waals surface area contributed by atoms with Gasteiger partial charge in [0, 0.05) is 4.90 Å². The standard InChI is InChI=1S/C14H8ClN3O3S/c15-8-2-1-3-10-12(8)13(17-21-10)18-22-7-4-5-9-11(6-7)20-14(19)16-9/h1-6H,(H,16,19)(H,17,18). The van der Waals surface area contributed by atoms with Gasteiger partial charge >= 0.3 is 5.76 Å². The van der Waals surface area contributed by atoms with Gasteiger partial charge in [0.15, 0.2) is 17.0 Å². The van der Waals surface area contributed by atoms with Crippen LogP contribution >= 0.6 is 23.5 Å². The lowest BCUT2D eigenvalue weighted by molar-refractivity contribution is 0.460. The third-order valence-corrected chi connectivity index (χ3v) is 4.21. The van der Waals surface area contributed by atoms with Gasteiger partial charge in [-0.15, -0.1) is 0 Å². The van der Waals surface area contributed by atoms with Crippen LogP contribution < -0.4 is 10.5 Å². The zero-order valence-corrected chi connectivity index (χ0v) is 12.5. The molecule has 4 aromatic rings. The third kappa shape index (κ3) is 2.24. The zero-order chi connectivity index (χ0) is 15.1. The summed E-state index contributed by atoms with van der Waals surface area (Å²) in [4.78, 5) is 14.6. The summed E-state index contributed by atoms with van der Waals surface area (Å²) in [6.07, 6.45) is 0. The number of fused-ring (bicyclic) bond motifs is 2. The van der Waals surface area contributed by atoms with E-state index in [9.17, 15) is 4.79 Å². The number of nitrogens with zero attached hydrogens (tertiary/aromatic N) is 1. The highest BCUT2D eigenvalue weighted by atomic mass is 35.5. The van der Waals surface area contributed by atoms with E-state index in [-0.39, 0.29) is 0 Å². The van der Waals surface area contributed by atoms with Crippen molar-refractivity contribution >= 4 is 51.4 Å². The van der Waals surface area contributed by atoms with E-state index in [0.29, 0.717) is 27.5 Å². The summed E-state index contributed by atoms with van der Waals surface area (Å²) < 4.78 is 13.3. The van der Waals surface area contributed by atoms with Gasteiger partial charge in [-0.25, -0.2) is 4.79 Å². The molecule has 0 atom stereocenters. The topological polar surface area (TPSA) is 84.1 Å². The molecule has 0 saturated carbocycles. The Balaban J connectivity index is 1.63. The average Bonchev–Trinajstić information content (AvgIpc) is 3.07. The van der Waals surface area contributed by atoms with Gasteiger partial charge in [-0.1, -0.05) is 22.8 Å². The lowest BCUT2D eigenvalue weighted by Gasteiger charge is -2.02. The summed E-state index contributed by atoms with van der Waals surface area (Å²) in [5.74, 6) is 0.0700. The van der Waals surface area contributed by atoms with E-state index in [0.717, 1.165) is 10.3 Å². The van der Waals surface area contributed by atoms with E-state index >= 15 is 0 Å². The molecule has 0 spiro atoms. The number of oxazole rings is 1. The SMILES string of the molecule is O=c1[nH]c2ccc(SNc3noc4cccc(Cl)c34)cc2o1. The molecule has 0 amide bonds. The summed E-state index contributed by atoms with van der Waals surface area (Å²) in [6, 6.07) is 10.8.